The van der Waals surface area contributed by atoms with E-state index in [2.05, 4.69) is 39.0 Å². The molecule has 3 aliphatic carbocycles. The SMILES string of the molecule is COc1cc2c(cc1OC)C13CC=CC(=O)C2C1(C)CCCC(C)C3C. The monoisotopic (exact) mass is 354 g/mol. The maximum Gasteiger partial charge on any atom is 0.163 e. The molecule has 1 saturated carbocycles. The molecule has 3 heteroatoms. The Kier molecular flexibility index (Phi) is 3.98. The summed E-state index contributed by atoms with van der Waals surface area (Å²) in [6.45, 7) is 7.16. The third kappa shape index (κ3) is 1.97. The molecule has 1 aromatic rings. The van der Waals surface area contributed by atoms with Gasteiger partial charge in [0.15, 0.2) is 17.3 Å². The molecule has 2 bridgehead atoms. The maximum atomic E-state index is 13.2. The van der Waals surface area contributed by atoms with Gasteiger partial charge >= 0.3 is 0 Å². The van der Waals surface area contributed by atoms with Gasteiger partial charge in [0.25, 0.3) is 0 Å². The van der Waals surface area contributed by atoms with Gasteiger partial charge in [-0.1, -0.05) is 39.7 Å². The van der Waals surface area contributed by atoms with Crippen LogP contribution in [0.2, 0.25) is 0 Å². The van der Waals surface area contributed by atoms with Crippen molar-refractivity contribution in [2.24, 2.45) is 17.3 Å². The number of rotatable bonds is 2. The summed E-state index contributed by atoms with van der Waals surface area (Å²) < 4.78 is 11.2. The molecular formula is C23H30O3. The maximum absolute atomic E-state index is 13.2. The van der Waals surface area contributed by atoms with Crippen molar-refractivity contribution in [2.45, 2.75) is 57.8 Å². The Bertz CT molecular complexity index is 780. The number of ketones is 1. The van der Waals surface area contributed by atoms with E-state index < -0.39 is 0 Å². The molecule has 0 aromatic heterocycles. The largest absolute Gasteiger partial charge is 0.493 e. The van der Waals surface area contributed by atoms with Crippen LogP contribution in [-0.4, -0.2) is 20.0 Å². The van der Waals surface area contributed by atoms with Gasteiger partial charge in [0.05, 0.1) is 20.1 Å². The number of hydrogen-bond acceptors (Lipinski definition) is 3. The smallest absolute Gasteiger partial charge is 0.163 e. The van der Waals surface area contributed by atoms with Crippen molar-refractivity contribution in [3.05, 3.63) is 35.4 Å². The Morgan fingerprint density at radius 2 is 1.81 bits per heavy atom. The topological polar surface area (TPSA) is 35.5 Å². The second-order valence-electron chi connectivity index (χ2n) is 8.78. The van der Waals surface area contributed by atoms with Gasteiger partial charge in [0.2, 0.25) is 0 Å². The number of fused-ring (bicyclic) bond motifs is 2. The summed E-state index contributed by atoms with van der Waals surface area (Å²) in [5.41, 5.74) is 2.41. The molecule has 3 nitrogen and oxygen atoms in total. The molecule has 0 spiro atoms. The van der Waals surface area contributed by atoms with Crippen LogP contribution in [0, 0.1) is 17.3 Å². The zero-order valence-electron chi connectivity index (χ0n) is 16.6. The van der Waals surface area contributed by atoms with E-state index in [9.17, 15) is 4.79 Å². The fourth-order valence-corrected chi connectivity index (χ4v) is 6.54. The summed E-state index contributed by atoms with van der Waals surface area (Å²) in [5, 5.41) is 0. The van der Waals surface area contributed by atoms with Crippen LogP contribution < -0.4 is 9.47 Å². The van der Waals surface area contributed by atoms with E-state index in [1.807, 2.05) is 6.08 Å². The number of carbonyl (C=O) groups is 1. The first-order valence-corrected chi connectivity index (χ1v) is 9.87. The molecular weight excluding hydrogens is 324 g/mol. The molecule has 26 heavy (non-hydrogen) atoms. The lowest BCUT2D eigenvalue weighted by atomic mass is 9.53. The predicted molar refractivity (Wildman–Crippen MR) is 103 cm³/mol. The Morgan fingerprint density at radius 1 is 1.12 bits per heavy atom. The van der Waals surface area contributed by atoms with Crippen molar-refractivity contribution in [1.29, 1.82) is 0 Å². The van der Waals surface area contributed by atoms with E-state index in [4.69, 9.17) is 9.47 Å². The number of allylic oxidation sites excluding steroid dienone is 2. The predicted octanol–water partition coefficient (Wildman–Crippen LogP) is 5.03. The van der Waals surface area contributed by atoms with Gasteiger partial charge < -0.3 is 9.47 Å². The molecule has 0 saturated heterocycles. The van der Waals surface area contributed by atoms with Crippen LogP contribution in [0.15, 0.2) is 24.3 Å². The van der Waals surface area contributed by atoms with Crippen LogP contribution in [-0.2, 0) is 10.2 Å². The van der Waals surface area contributed by atoms with E-state index in [-0.39, 0.29) is 22.5 Å². The molecule has 140 valence electrons. The van der Waals surface area contributed by atoms with E-state index in [1.54, 1.807) is 14.2 Å². The Balaban J connectivity index is 2.07. The van der Waals surface area contributed by atoms with Gasteiger partial charge in [0, 0.05) is 5.41 Å². The average Bonchev–Trinajstić information content (AvgIpc) is 2.68. The summed E-state index contributed by atoms with van der Waals surface area (Å²) in [5.74, 6) is 2.82. The molecule has 0 heterocycles. The Labute approximate surface area is 156 Å². The first kappa shape index (κ1) is 17.6. The molecule has 5 unspecified atom stereocenters. The van der Waals surface area contributed by atoms with E-state index in [0.29, 0.717) is 11.8 Å². The zero-order chi connectivity index (χ0) is 18.7. The standard InChI is InChI=1S/C23H30O3/c1-14-8-6-10-22(3)21-16-12-19(25-4)20(26-5)13-17(16)23(22,15(14)2)11-7-9-18(21)24/h7,9,12-15,21H,6,8,10-11H2,1-5H3. The van der Waals surface area contributed by atoms with Crippen LogP contribution in [0.25, 0.3) is 0 Å². The van der Waals surface area contributed by atoms with Crippen LogP contribution in [0.3, 0.4) is 0 Å². The molecule has 1 fully saturated rings. The number of hydrogen-bond donors (Lipinski definition) is 0. The third-order valence-electron chi connectivity index (χ3n) is 8.00. The highest BCUT2D eigenvalue weighted by atomic mass is 16.5. The van der Waals surface area contributed by atoms with Crippen molar-refractivity contribution >= 4 is 5.78 Å². The minimum Gasteiger partial charge on any atom is -0.493 e. The van der Waals surface area contributed by atoms with E-state index in [0.717, 1.165) is 24.3 Å². The molecule has 0 radical (unpaired) electrons. The fourth-order valence-electron chi connectivity index (χ4n) is 6.54. The quantitative estimate of drug-likeness (QED) is 0.747. The van der Waals surface area contributed by atoms with Gasteiger partial charge in [0.1, 0.15) is 0 Å². The Hall–Kier alpha value is -1.77. The highest BCUT2D eigenvalue weighted by molar-refractivity contribution is 5.98. The molecule has 0 N–H and O–H groups in total. The zero-order valence-corrected chi connectivity index (χ0v) is 16.6. The Morgan fingerprint density at radius 3 is 2.50 bits per heavy atom. The van der Waals surface area contributed by atoms with Crippen LogP contribution in [0.4, 0.5) is 0 Å². The molecule has 3 aliphatic rings. The van der Waals surface area contributed by atoms with Crippen molar-refractivity contribution in [2.75, 3.05) is 14.2 Å². The number of ether oxygens (including phenoxy) is 2. The van der Waals surface area contributed by atoms with Gasteiger partial charge in [-0.05, 0) is 59.4 Å². The summed E-state index contributed by atoms with van der Waals surface area (Å²) in [7, 11) is 3.36. The van der Waals surface area contributed by atoms with Crippen molar-refractivity contribution < 1.29 is 14.3 Å². The van der Waals surface area contributed by atoms with Gasteiger partial charge in [-0.3, -0.25) is 4.79 Å². The normalized spacial score (nSPS) is 38.2. The highest BCUT2D eigenvalue weighted by Crippen LogP contribution is 2.70. The molecule has 4 rings (SSSR count). The second-order valence-corrected chi connectivity index (χ2v) is 8.78. The van der Waals surface area contributed by atoms with Gasteiger partial charge in [-0.25, -0.2) is 0 Å². The number of benzene rings is 1. The van der Waals surface area contributed by atoms with Crippen LogP contribution in [0.5, 0.6) is 11.5 Å². The minimum atomic E-state index is -0.0798. The third-order valence-corrected chi connectivity index (χ3v) is 8.00. The lowest BCUT2D eigenvalue weighted by molar-refractivity contribution is -0.119. The lowest BCUT2D eigenvalue weighted by Crippen LogP contribution is -2.47. The molecule has 1 aromatic carbocycles. The van der Waals surface area contributed by atoms with Crippen molar-refractivity contribution in [3.8, 4) is 11.5 Å². The summed E-state index contributed by atoms with van der Waals surface area (Å²) in [4.78, 5) is 13.2. The first-order valence-electron chi connectivity index (χ1n) is 9.87. The first-order chi connectivity index (χ1) is 12.4. The summed E-state index contributed by atoms with van der Waals surface area (Å²) in [6.07, 6.45) is 8.43. The lowest BCUT2D eigenvalue weighted by Gasteiger charge is -2.49. The van der Waals surface area contributed by atoms with E-state index in [1.165, 1.54) is 24.0 Å². The molecule has 0 aliphatic heterocycles. The minimum absolute atomic E-state index is 0.0227. The van der Waals surface area contributed by atoms with Gasteiger partial charge in [-0.15, -0.1) is 0 Å². The number of methoxy groups -OCH3 is 2. The fraction of sp³-hybridized carbons (Fsp3) is 0.609. The molecule has 0 amide bonds. The highest BCUT2D eigenvalue weighted by Gasteiger charge is 2.65. The second kappa shape index (κ2) is 5.87. The van der Waals surface area contributed by atoms with Crippen LogP contribution in [0.1, 0.15) is 63.5 Å². The van der Waals surface area contributed by atoms with Crippen molar-refractivity contribution in [1.82, 2.24) is 0 Å². The molecule has 5 atom stereocenters. The average molecular weight is 354 g/mol. The van der Waals surface area contributed by atoms with Gasteiger partial charge in [-0.2, -0.15) is 0 Å². The summed E-state index contributed by atoms with van der Waals surface area (Å²) in [6, 6.07) is 4.25. The number of carbonyl (C=O) groups excluding carboxylic acids is 1. The van der Waals surface area contributed by atoms with E-state index >= 15 is 0 Å². The summed E-state index contributed by atoms with van der Waals surface area (Å²) >= 11 is 0. The van der Waals surface area contributed by atoms with Crippen molar-refractivity contribution in [3.63, 3.8) is 0 Å². The van der Waals surface area contributed by atoms with Crippen LogP contribution >= 0.6 is 0 Å².